The third-order valence-electron chi connectivity index (χ3n) is 4.75. The second-order valence-corrected chi connectivity index (χ2v) is 6.25. The number of benzene rings is 3. The van der Waals surface area contributed by atoms with Crippen LogP contribution in [0.25, 0.3) is 11.0 Å². The third-order valence-corrected chi connectivity index (χ3v) is 4.75. The summed E-state index contributed by atoms with van der Waals surface area (Å²) in [5.41, 5.74) is 4.48. The van der Waals surface area contributed by atoms with Gasteiger partial charge in [-0.25, -0.2) is 0 Å². The Bertz CT molecular complexity index is 1030. The van der Waals surface area contributed by atoms with E-state index in [1.807, 2.05) is 42.5 Å². The van der Waals surface area contributed by atoms with Gasteiger partial charge in [-0.3, -0.25) is 0 Å². The SMILES string of the molecule is Cc1cccc2c1C(c1cc3ccccc3o1)c1ccccc1O2. The van der Waals surface area contributed by atoms with Crippen molar-refractivity contribution in [2.45, 2.75) is 12.8 Å². The number of fused-ring (bicyclic) bond motifs is 3. The van der Waals surface area contributed by atoms with Crippen LogP contribution in [0.3, 0.4) is 0 Å². The average Bonchev–Trinajstić information content (AvgIpc) is 3.04. The Labute approximate surface area is 140 Å². The highest BCUT2D eigenvalue weighted by atomic mass is 16.5. The molecule has 2 nitrogen and oxygen atoms in total. The lowest BCUT2D eigenvalue weighted by Crippen LogP contribution is -2.12. The van der Waals surface area contributed by atoms with Crippen molar-refractivity contribution in [3.05, 3.63) is 95.2 Å². The van der Waals surface area contributed by atoms with E-state index in [2.05, 4.69) is 37.3 Å². The van der Waals surface area contributed by atoms with Crippen molar-refractivity contribution >= 4 is 11.0 Å². The van der Waals surface area contributed by atoms with Crippen LogP contribution in [0.2, 0.25) is 0 Å². The van der Waals surface area contributed by atoms with Gasteiger partial charge in [0, 0.05) is 16.5 Å². The quantitative estimate of drug-likeness (QED) is 0.377. The lowest BCUT2D eigenvalue weighted by molar-refractivity contribution is 0.437. The fourth-order valence-corrected chi connectivity index (χ4v) is 3.64. The summed E-state index contributed by atoms with van der Waals surface area (Å²) < 4.78 is 12.4. The van der Waals surface area contributed by atoms with Gasteiger partial charge >= 0.3 is 0 Å². The molecule has 1 aromatic heterocycles. The van der Waals surface area contributed by atoms with Crippen molar-refractivity contribution in [1.29, 1.82) is 0 Å². The van der Waals surface area contributed by atoms with Crippen LogP contribution in [0.15, 0.2) is 77.2 Å². The minimum Gasteiger partial charge on any atom is -0.460 e. The molecule has 0 amide bonds. The number of para-hydroxylation sites is 2. The van der Waals surface area contributed by atoms with Gasteiger partial charge in [-0.05, 0) is 36.8 Å². The fourth-order valence-electron chi connectivity index (χ4n) is 3.64. The van der Waals surface area contributed by atoms with Gasteiger partial charge in [-0.15, -0.1) is 0 Å². The van der Waals surface area contributed by atoms with Gasteiger partial charge in [0.25, 0.3) is 0 Å². The zero-order valence-electron chi connectivity index (χ0n) is 13.3. The molecule has 0 saturated heterocycles. The van der Waals surface area contributed by atoms with Crippen LogP contribution in [0.5, 0.6) is 11.5 Å². The molecule has 3 aromatic carbocycles. The van der Waals surface area contributed by atoms with Crippen molar-refractivity contribution in [1.82, 2.24) is 0 Å². The van der Waals surface area contributed by atoms with Gasteiger partial charge in [0.15, 0.2) is 0 Å². The molecule has 1 aliphatic rings. The summed E-state index contributed by atoms with van der Waals surface area (Å²) >= 11 is 0. The molecule has 2 heterocycles. The molecule has 0 aliphatic carbocycles. The van der Waals surface area contributed by atoms with Gasteiger partial charge in [-0.1, -0.05) is 48.5 Å². The molecular weight excluding hydrogens is 296 g/mol. The Morgan fingerprint density at radius 3 is 2.50 bits per heavy atom. The highest BCUT2D eigenvalue weighted by molar-refractivity contribution is 5.78. The second-order valence-electron chi connectivity index (χ2n) is 6.25. The lowest BCUT2D eigenvalue weighted by atomic mass is 9.83. The first-order valence-corrected chi connectivity index (χ1v) is 8.16. The van der Waals surface area contributed by atoms with Crippen LogP contribution in [-0.2, 0) is 0 Å². The molecule has 0 saturated carbocycles. The van der Waals surface area contributed by atoms with E-state index in [0.29, 0.717) is 0 Å². The van der Waals surface area contributed by atoms with Gasteiger partial charge in [0.1, 0.15) is 22.8 Å². The summed E-state index contributed by atoms with van der Waals surface area (Å²) in [5, 5.41) is 1.13. The molecule has 0 fully saturated rings. The maximum absolute atomic E-state index is 6.22. The highest BCUT2D eigenvalue weighted by Gasteiger charge is 2.32. The van der Waals surface area contributed by atoms with Crippen LogP contribution in [0, 0.1) is 6.92 Å². The van der Waals surface area contributed by atoms with Gasteiger partial charge in [-0.2, -0.15) is 0 Å². The van der Waals surface area contributed by atoms with Crippen LogP contribution in [-0.4, -0.2) is 0 Å². The van der Waals surface area contributed by atoms with E-state index >= 15 is 0 Å². The maximum atomic E-state index is 6.22. The molecule has 1 unspecified atom stereocenters. The topological polar surface area (TPSA) is 22.4 Å². The van der Waals surface area contributed by atoms with E-state index in [4.69, 9.17) is 9.15 Å². The number of rotatable bonds is 1. The molecular formula is C22H16O2. The molecule has 0 spiro atoms. The molecule has 4 aromatic rings. The van der Waals surface area contributed by atoms with Gasteiger partial charge in [0.2, 0.25) is 0 Å². The molecule has 2 heteroatoms. The minimum absolute atomic E-state index is 0.0542. The van der Waals surface area contributed by atoms with Gasteiger partial charge < -0.3 is 9.15 Å². The smallest absolute Gasteiger partial charge is 0.134 e. The third kappa shape index (κ3) is 1.89. The average molecular weight is 312 g/mol. The summed E-state index contributed by atoms with van der Waals surface area (Å²) in [6.07, 6.45) is 0. The summed E-state index contributed by atoms with van der Waals surface area (Å²) in [4.78, 5) is 0. The van der Waals surface area contributed by atoms with E-state index in [1.165, 1.54) is 11.1 Å². The monoisotopic (exact) mass is 312 g/mol. The van der Waals surface area contributed by atoms with E-state index in [0.717, 1.165) is 33.8 Å². The number of aryl methyl sites for hydroxylation is 1. The number of ether oxygens (including phenoxy) is 1. The van der Waals surface area contributed by atoms with Gasteiger partial charge in [0.05, 0.1) is 5.92 Å². The Hall–Kier alpha value is -3.00. The molecule has 1 aliphatic heterocycles. The largest absolute Gasteiger partial charge is 0.460 e. The molecule has 0 radical (unpaired) electrons. The Kier molecular flexibility index (Phi) is 2.80. The van der Waals surface area contributed by atoms with Crippen molar-refractivity contribution in [3.8, 4) is 11.5 Å². The maximum Gasteiger partial charge on any atom is 0.134 e. The zero-order chi connectivity index (χ0) is 16.1. The summed E-state index contributed by atoms with van der Waals surface area (Å²) in [7, 11) is 0. The zero-order valence-corrected chi connectivity index (χ0v) is 13.3. The highest BCUT2D eigenvalue weighted by Crippen LogP contribution is 2.49. The van der Waals surface area contributed by atoms with E-state index in [1.54, 1.807) is 0 Å². The molecule has 0 bridgehead atoms. The first-order chi connectivity index (χ1) is 11.8. The minimum atomic E-state index is 0.0542. The van der Waals surface area contributed by atoms with Crippen LogP contribution < -0.4 is 4.74 Å². The Balaban J connectivity index is 1.81. The predicted octanol–water partition coefficient (Wildman–Crippen LogP) is 6.03. The lowest BCUT2D eigenvalue weighted by Gasteiger charge is -2.28. The number of hydrogen-bond donors (Lipinski definition) is 0. The van der Waals surface area contributed by atoms with Crippen LogP contribution >= 0.6 is 0 Å². The molecule has 116 valence electrons. The first kappa shape index (κ1) is 13.4. The Morgan fingerprint density at radius 1 is 0.792 bits per heavy atom. The molecule has 24 heavy (non-hydrogen) atoms. The summed E-state index contributed by atoms with van der Waals surface area (Å²) in [6, 6.07) is 24.7. The normalized spacial score (nSPS) is 15.6. The van der Waals surface area contributed by atoms with Crippen molar-refractivity contribution in [3.63, 3.8) is 0 Å². The summed E-state index contributed by atoms with van der Waals surface area (Å²) in [5.74, 6) is 2.83. The fraction of sp³-hybridized carbons (Fsp3) is 0.0909. The standard InChI is InChI=1S/C22H16O2/c1-14-7-6-12-19-21(14)22(16-9-3-5-11-18(16)24-19)20-13-15-8-2-4-10-17(15)23-20/h2-13,22H,1H3. The number of furan rings is 1. The van der Waals surface area contributed by atoms with E-state index in [9.17, 15) is 0 Å². The van der Waals surface area contributed by atoms with E-state index in [-0.39, 0.29) is 5.92 Å². The van der Waals surface area contributed by atoms with Crippen molar-refractivity contribution < 1.29 is 9.15 Å². The first-order valence-electron chi connectivity index (χ1n) is 8.16. The Morgan fingerprint density at radius 2 is 1.58 bits per heavy atom. The molecule has 0 N–H and O–H groups in total. The molecule has 1 atom stereocenters. The summed E-state index contributed by atoms with van der Waals surface area (Å²) in [6.45, 7) is 2.13. The van der Waals surface area contributed by atoms with Crippen LogP contribution in [0.1, 0.15) is 28.4 Å². The van der Waals surface area contributed by atoms with Crippen molar-refractivity contribution in [2.24, 2.45) is 0 Å². The van der Waals surface area contributed by atoms with E-state index < -0.39 is 0 Å². The van der Waals surface area contributed by atoms with Crippen LogP contribution in [0.4, 0.5) is 0 Å². The predicted molar refractivity (Wildman–Crippen MR) is 94.9 cm³/mol. The van der Waals surface area contributed by atoms with Crippen molar-refractivity contribution in [2.75, 3.05) is 0 Å². The molecule has 5 rings (SSSR count). The second kappa shape index (κ2) is 5.00. The number of hydrogen-bond acceptors (Lipinski definition) is 2.